The standard InChI is InChI=1S/C21H19ClF3N3O2/c1-27(2)11-12-30-20(29)15-9-7-14(8-10-15)18-13-19(21(23,24)25)26-28(18)17-6-4-3-5-16(17)22/h3-10,13H,11-12H2,1-2H3. The summed E-state index contributed by atoms with van der Waals surface area (Å²) in [6, 6.07) is 13.5. The number of alkyl halides is 3. The molecule has 0 saturated carbocycles. The van der Waals surface area contributed by atoms with Gasteiger partial charge in [-0.3, -0.25) is 0 Å². The molecule has 0 N–H and O–H groups in total. The van der Waals surface area contributed by atoms with Crippen LogP contribution in [0.1, 0.15) is 16.1 Å². The van der Waals surface area contributed by atoms with E-state index in [1.54, 1.807) is 36.4 Å². The lowest BCUT2D eigenvalue weighted by atomic mass is 10.1. The van der Waals surface area contributed by atoms with Gasteiger partial charge in [-0.2, -0.15) is 18.3 Å². The van der Waals surface area contributed by atoms with Gasteiger partial charge in [-0.1, -0.05) is 35.9 Å². The molecule has 0 aliphatic carbocycles. The van der Waals surface area contributed by atoms with E-state index in [0.29, 0.717) is 23.4 Å². The number of ether oxygens (including phenoxy) is 1. The Bertz CT molecular complexity index is 1030. The Hall–Kier alpha value is -2.84. The summed E-state index contributed by atoms with van der Waals surface area (Å²) >= 11 is 6.17. The van der Waals surface area contributed by atoms with Gasteiger partial charge in [0.25, 0.3) is 0 Å². The van der Waals surface area contributed by atoms with Gasteiger partial charge in [0.2, 0.25) is 0 Å². The number of hydrogen-bond donors (Lipinski definition) is 0. The number of nitrogens with zero attached hydrogens (tertiary/aromatic N) is 3. The van der Waals surface area contributed by atoms with Crippen molar-refractivity contribution in [1.29, 1.82) is 0 Å². The van der Waals surface area contributed by atoms with Gasteiger partial charge in [0.1, 0.15) is 6.61 Å². The van der Waals surface area contributed by atoms with Crippen molar-refractivity contribution in [2.24, 2.45) is 0 Å². The first-order valence-electron chi connectivity index (χ1n) is 9.01. The van der Waals surface area contributed by atoms with Gasteiger partial charge < -0.3 is 9.64 Å². The molecule has 0 unspecified atom stereocenters. The van der Waals surface area contributed by atoms with E-state index in [9.17, 15) is 18.0 Å². The van der Waals surface area contributed by atoms with E-state index >= 15 is 0 Å². The number of benzene rings is 2. The van der Waals surface area contributed by atoms with E-state index in [4.69, 9.17) is 16.3 Å². The Morgan fingerprint density at radius 3 is 2.40 bits per heavy atom. The number of carbonyl (C=O) groups is 1. The van der Waals surface area contributed by atoms with Gasteiger partial charge in [-0.15, -0.1) is 0 Å². The molecule has 158 valence electrons. The van der Waals surface area contributed by atoms with E-state index < -0.39 is 17.8 Å². The molecule has 0 saturated heterocycles. The smallest absolute Gasteiger partial charge is 0.435 e. The molecule has 2 aromatic carbocycles. The number of likely N-dealkylation sites (N-methyl/N-ethyl adjacent to an activating group) is 1. The van der Waals surface area contributed by atoms with Crippen molar-refractivity contribution in [3.05, 3.63) is 70.9 Å². The van der Waals surface area contributed by atoms with Gasteiger partial charge in [-0.05, 0) is 44.4 Å². The number of hydrogen-bond acceptors (Lipinski definition) is 4. The third-order valence-electron chi connectivity index (χ3n) is 4.27. The Balaban J connectivity index is 1.94. The zero-order valence-corrected chi connectivity index (χ0v) is 17.0. The fraction of sp³-hybridized carbons (Fsp3) is 0.238. The minimum Gasteiger partial charge on any atom is -0.461 e. The van der Waals surface area contributed by atoms with Gasteiger partial charge in [-0.25, -0.2) is 9.48 Å². The lowest BCUT2D eigenvalue weighted by Gasteiger charge is -2.11. The van der Waals surface area contributed by atoms with Crippen LogP contribution in [0.2, 0.25) is 5.02 Å². The maximum atomic E-state index is 13.3. The normalized spacial score (nSPS) is 11.7. The van der Waals surface area contributed by atoms with Crippen LogP contribution in [0.5, 0.6) is 0 Å². The predicted molar refractivity (Wildman–Crippen MR) is 108 cm³/mol. The highest BCUT2D eigenvalue weighted by molar-refractivity contribution is 6.32. The lowest BCUT2D eigenvalue weighted by Crippen LogP contribution is -2.20. The third kappa shape index (κ3) is 5.01. The van der Waals surface area contributed by atoms with Gasteiger partial charge >= 0.3 is 12.1 Å². The van der Waals surface area contributed by atoms with Crippen molar-refractivity contribution in [1.82, 2.24) is 14.7 Å². The molecule has 30 heavy (non-hydrogen) atoms. The first-order chi connectivity index (χ1) is 14.2. The van der Waals surface area contributed by atoms with Crippen molar-refractivity contribution in [3.63, 3.8) is 0 Å². The first kappa shape index (κ1) is 21.9. The lowest BCUT2D eigenvalue weighted by molar-refractivity contribution is -0.141. The Morgan fingerprint density at radius 1 is 1.13 bits per heavy atom. The fourth-order valence-electron chi connectivity index (χ4n) is 2.71. The maximum absolute atomic E-state index is 13.3. The second kappa shape index (κ2) is 8.89. The molecule has 1 aromatic heterocycles. The van der Waals surface area contributed by atoms with Crippen LogP contribution in [0, 0.1) is 0 Å². The quantitative estimate of drug-likeness (QED) is 0.513. The molecule has 9 heteroatoms. The molecular formula is C21H19ClF3N3O2. The number of para-hydroxylation sites is 1. The van der Waals surface area contributed by atoms with Crippen LogP contribution < -0.4 is 0 Å². The molecule has 3 aromatic rings. The number of esters is 1. The Morgan fingerprint density at radius 2 is 1.80 bits per heavy atom. The summed E-state index contributed by atoms with van der Waals surface area (Å²) in [5.41, 5.74) is 0.226. The predicted octanol–water partition coefficient (Wildman–Crippen LogP) is 4.93. The highest BCUT2D eigenvalue weighted by Gasteiger charge is 2.35. The summed E-state index contributed by atoms with van der Waals surface area (Å²) in [6.45, 7) is 0.822. The molecule has 0 spiro atoms. The monoisotopic (exact) mass is 437 g/mol. The van der Waals surface area contributed by atoms with E-state index in [1.807, 2.05) is 19.0 Å². The highest BCUT2D eigenvalue weighted by atomic mass is 35.5. The molecule has 0 radical (unpaired) electrons. The zero-order valence-electron chi connectivity index (χ0n) is 16.3. The largest absolute Gasteiger partial charge is 0.461 e. The number of rotatable bonds is 6. The van der Waals surface area contributed by atoms with Crippen molar-refractivity contribution in [2.75, 3.05) is 27.2 Å². The number of carbonyl (C=O) groups excluding carboxylic acids is 1. The third-order valence-corrected chi connectivity index (χ3v) is 4.59. The van der Waals surface area contributed by atoms with E-state index in [0.717, 1.165) is 10.7 Å². The molecule has 0 aliphatic heterocycles. The van der Waals surface area contributed by atoms with Gasteiger partial charge in [0.05, 0.1) is 22.0 Å². The minimum absolute atomic E-state index is 0.197. The fourth-order valence-corrected chi connectivity index (χ4v) is 2.93. The number of halogens is 4. The van der Waals surface area contributed by atoms with Crippen LogP contribution in [0.3, 0.4) is 0 Å². The average Bonchev–Trinajstić information content (AvgIpc) is 3.14. The Labute approximate surface area is 176 Å². The van der Waals surface area contributed by atoms with Crippen molar-refractivity contribution in [2.45, 2.75) is 6.18 Å². The van der Waals surface area contributed by atoms with Gasteiger partial charge in [0.15, 0.2) is 5.69 Å². The molecular weight excluding hydrogens is 419 g/mol. The average molecular weight is 438 g/mol. The topological polar surface area (TPSA) is 47.4 Å². The highest BCUT2D eigenvalue weighted by Crippen LogP contribution is 2.34. The zero-order chi connectivity index (χ0) is 21.9. The first-order valence-corrected chi connectivity index (χ1v) is 9.39. The number of aromatic nitrogens is 2. The van der Waals surface area contributed by atoms with E-state index in [-0.39, 0.29) is 17.3 Å². The van der Waals surface area contributed by atoms with Gasteiger partial charge in [0, 0.05) is 12.1 Å². The summed E-state index contributed by atoms with van der Waals surface area (Å²) in [5.74, 6) is -0.501. The SMILES string of the molecule is CN(C)CCOC(=O)c1ccc(-c2cc(C(F)(F)F)nn2-c2ccccc2Cl)cc1. The van der Waals surface area contributed by atoms with Crippen LogP contribution >= 0.6 is 11.6 Å². The molecule has 0 fully saturated rings. The summed E-state index contributed by atoms with van der Waals surface area (Å²) in [5, 5.41) is 3.98. The second-order valence-electron chi connectivity index (χ2n) is 6.79. The van der Waals surface area contributed by atoms with Crippen molar-refractivity contribution < 1.29 is 22.7 Å². The second-order valence-corrected chi connectivity index (χ2v) is 7.20. The summed E-state index contributed by atoms with van der Waals surface area (Å²) in [6.07, 6.45) is -4.61. The van der Waals surface area contributed by atoms with Crippen molar-refractivity contribution >= 4 is 17.6 Å². The van der Waals surface area contributed by atoms with E-state index in [2.05, 4.69) is 5.10 Å². The molecule has 0 bridgehead atoms. The molecule has 0 atom stereocenters. The van der Waals surface area contributed by atoms with Crippen LogP contribution in [0.15, 0.2) is 54.6 Å². The minimum atomic E-state index is -4.61. The van der Waals surface area contributed by atoms with Crippen LogP contribution in [-0.4, -0.2) is 47.9 Å². The van der Waals surface area contributed by atoms with Crippen LogP contribution in [0.4, 0.5) is 13.2 Å². The molecule has 3 rings (SSSR count). The van der Waals surface area contributed by atoms with Crippen LogP contribution in [-0.2, 0) is 10.9 Å². The molecule has 0 aliphatic rings. The molecule has 5 nitrogen and oxygen atoms in total. The summed E-state index contributed by atoms with van der Waals surface area (Å²) in [7, 11) is 3.72. The summed E-state index contributed by atoms with van der Waals surface area (Å²) in [4.78, 5) is 14.0. The van der Waals surface area contributed by atoms with Crippen LogP contribution in [0.25, 0.3) is 16.9 Å². The molecule has 1 heterocycles. The maximum Gasteiger partial charge on any atom is 0.435 e. The Kier molecular flexibility index (Phi) is 6.48. The van der Waals surface area contributed by atoms with E-state index in [1.165, 1.54) is 12.1 Å². The van der Waals surface area contributed by atoms with Crippen molar-refractivity contribution in [3.8, 4) is 16.9 Å². The summed E-state index contributed by atoms with van der Waals surface area (Å²) < 4.78 is 46.2. The molecule has 0 amide bonds.